The number of hydrogen-bond donors (Lipinski definition) is 1. The van der Waals surface area contributed by atoms with Gasteiger partial charge < -0.3 is 10.0 Å². The van der Waals surface area contributed by atoms with E-state index < -0.39 is 0 Å². The van der Waals surface area contributed by atoms with Gasteiger partial charge in [0.15, 0.2) is 0 Å². The summed E-state index contributed by atoms with van der Waals surface area (Å²) in [5, 5.41) is 9.45. The zero-order valence-electron chi connectivity index (χ0n) is 9.89. The molecule has 88 valence electrons. The summed E-state index contributed by atoms with van der Waals surface area (Å²) in [6.07, 6.45) is 0.903. The first-order chi connectivity index (χ1) is 7.68. The van der Waals surface area contributed by atoms with Crippen LogP contribution in [-0.4, -0.2) is 29.7 Å². The van der Waals surface area contributed by atoms with Gasteiger partial charge in [-0.1, -0.05) is 12.1 Å². The summed E-state index contributed by atoms with van der Waals surface area (Å²) >= 11 is 2.03. The van der Waals surface area contributed by atoms with E-state index in [0.717, 1.165) is 5.56 Å². The fraction of sp³-hybridized carbons (Fsp3) is 0.538. The van der Waals surface area contributed by atoms with Gasteiger partial charge in [0.2, 0.25) is 0 Å². The summed E-state index contributed by atoms with van der Waals surface area (Å²) < 4.78 is 0. The molecule has 1 fully saturated rings. The van der Waals surface area contributed by atoms with Crippen LogP contribution in [-0.2, 0) is 0 Å². The van der Waals surface area contributed by atoms with E-state index in [1.54, 1.807) is 6.92 Å². The molecule has 1 heterocycles. The molecule has 1 aliphatic heterocycles. The van der Waals surface area contributed by atoms with Crippen LogP contribution in [0.2, 0.25) is 0 Å². The van der Waals surface area contributed by atoms with Gasteiger partial charge in [0.25, 0.3) is 0 Å². The molecular formula is C13H19NOS. The van der Waals surface area contributed by atoms with Gasteiger partial charge in [0.05, 0.1) is 6.10 Å². The molecule has 0 bridgehead atoms. The third-order valence-electron chi connectivity index (χ3n) is 3.24. The molecule has 0 saturated carbocycles. The molecule has 16 heavy (non-hydrogen) atoms. The lowest BCUT2D eigenvalue weighted by molar-refractivity contribution is 0.199. The van der Waals surface area contributed by atoms with Crippen LogP contribution in [0.4, 0.5) is 5.69 Å². The molecule has 1 aromatic carbocycles. The quantitative estimate of drug-likeness (QED) is 0.874. The summed E-state index contributed by atoms with van der Waals surface area (Å²) in [6, 6.07) is 8.90. The molecule has 1 unspecified atom stereocenters. The van der Waals surface area contributed by atoms with Crippen LogP contribution in [0.25, 0.3) is 0 Å². The molecule has 1 saturated heterocycles. The molecular weight excluding hydrogens is 218 g/mol. The van der Waals surface area contributed by atoms with Crippen molar-refractivity contribution < 1.29 is 5.11 Å². The molecule has 0 spiro atoms. The minimum absolute atomic E-state index is 0.374. The average molecular weight is 237 g/mol. The van der Waals surface area contributed by atoms with E-state index >= 15 is 0 Å². The SMILES string of the molecule is C[C@@H](O)c1ccc(N(C)C2CCSC2)cc1. The maximum atomic E-state index is 9.45. The van der Waals surface area contributed by atoms with Gasteiger partial charge in [0.1, 0.15) is 0 Å². The first-order valence-electron chi connectivity index (χ1n) is 5.77. The van der Waals surface area contributed by atoms with Gasteiger partial charge in [-0.15, -0.1) is 0 Å². The molecule has 0 aromatic heterocycles. The molecule has 2 atom stereocenters. The zero-order chi connectivity index (χ0) is 11.5. The number of rotatable bonds is 3. The van der Waals surface area contributed by atoms with Crippen molar-refractivity contribution in [3.8, 4) is 0 Å². The lowest BCUT2D eigenvalue weighted by Crippen LogP contribution is -2.31. The fourth-order valence-electron chi connectivity index (χ4n) is 2.03. The van der Waals surface area contributed by atoms with Crippen molar-refractivity contribution in [3.05, 3.63) is 29.8 Å². The summed E-state index contributed by atoms with van der Waals surface area (Å²) in [6.45, 7) is 1.80. The van der Waals surface area contributed by atoms with Crippen LogP contribution in [0.5, 0.6) is 0 Å². The van der Waals surface area contributed by atoms with E-state index in [9.17, 15) is 5.11 Å². The maximum Gasteiger partial charge on any atom is 0.0761 e. The molecule has 0 amide bonds. The highest BCUT2D eigenvalue weighted by Crippen LogP contribution is 2.26. The average Bonchev–Trinajstić information content (AvgIpc) is 2.81. The second-order valence-corrected chi connectivity index (χ2v) is 5.55. The van der Waals surface area contributed by atoms with E-state index in [1.807, 2.05) is 23.9 Å². The third kappa shape index (κ3) is 2.53. The van der Waals surface area contributed by atoms with Gasteiger partial charge >= 0.3 is 0 Å². The Kier molecular flexibility index (Phi) is 3.77. The number of nitrogens with zero attached hydrogens (tertiary/aromatic N) is 1. The molecule has 1 aliphatic rings. The highest BCUT2D eigenvalue weighted by Gasteiger charge is 2.20. The largest absolute Gasteiger partial charge is 0.389 e. The second-order valence-electron chi connectivity index (χ2n) is 4.40. The first kappa shape index (κ1) is 11.8. The van der Waals surface area contributed by atoms with Crippen LogP contribution in [0.15, 0.2) is 24.3 Å². The Bertz CT molecular complexity index is 330. The van der Waals surface area contributed by atoms with Crippen LogP contribution >= 0.6 is 11.8 Å². The van der Waals surface area contributed by atoms with E-state index in [2.05, 4.69) is 24.1 Å². The second kappa shape index (κ2) is 5.11. The number of hydrogen-bond acceptors (Lipinski definition) is 3. The normalized spacial score (nSPS) is 22.1. The molecule has 2 nitrogen and oxygen atoms in total. The molecule has 2 rings (SSSR count). The zero-order valence-corrected chi connectivity index (χ0v) is 10.7. The van der Waals surface area contributed by atoms with Crippen molar-refractivity contribution in [3.63, 3.8) is 0 Å². The van der Waals surface area contributed by atoms with Crippen molar-refractivity contribution in [2.24, 2.45) is 0 Å². The van der Waals surface area contributed by atoms with Crippen LogP contribution in [0.3, 0.4) is 0 Å². The van der Waals surface area contributed by atoms with Gasteiger partial charge in [-0.2, -0.15) is 11.8 Å². The fourth-order valence-corrected chi connectivity index (χ4v) is 3.29. The number of benzene rings is 1. The smallest absolute Gasteiger partial charge is 0.0761 e. The van der Waals surface area contributed by atoms with Gasteiger partial charge in [-0.3, -0.25) is 0 Å². The highest BCUT2D eigenvalue weighted by atomic mass is 32.2. The van der Waals surface area contributed by atoms with Gasteiger partial charge in [0, 0.05) is 24.5 Å². The minimum Gasteiger partial charge on any atom is -0.389 e. The van der Waals surface area contributed by atoms with E-state index in [4.69, 9.17) is 0 Å². The molecule has 0 aliphatic carbocycles. The summed E-state index contributed by atoms with van der Waals surface area (Å²) in [5.74, 6) is 2.51. The van der Waals surface area contributed by atoms with Crippen molar-refractivity contribution in [1.82, 2.24) is 0 Å². The maximum absolute atomic E-state index is 9.45. The predicted octanol–water partition coefficient (Wildman–Crippen LogP) is 2.68. The Morgan fingerprint density at radius 1 is 1.38 bits per heavy atom. The minimum atomic E-state index is -0.374. The standard InChI is InChI=1S/C13H19NOS/c1-10(15)11-3-5-12(6-4-11)14(2)13-7-8-16-9-13/h3-6,10,13,15H,7-9H2,1-2H3/t10-,13?/m1/s1. The van der Waals surface area contributed by atoms with Crippen LogP contribution in [0.1, 0.15) is 25.0 Å². The Balaban J connectivity index is 2.08. The Labute approximate surface area is 102 Å². The van der Waals surface area contributed by atoms with Gasteiger partial charge in [-0.25, -0.2) is 0 Å². The van der Waals surface area contributed by atoms with Crippen molar-refractivity contribution in [2.45, 2.75) is 25.5 Å². The van der Waals surface area contributed by atoms with Crippen molar-refractivity contribution >= 4 is 17.4 Å². The summed E-state index contributed by atoms with van der Waals surface area (Å²) in [7, 11) is 2.16. The summed E-state index contributed by atoms with van der Waals surface area (Å²) in [4.78, 5) is 2.35. The Morgan fingerprint density at radius 2 is 2.06 bits per heavy atom. The number of anilines is 1. The van der Waals surface area contributed by atoms with E-state index in [0.29, 0.717) is 6.04 Å². The molecule has 0 radical (unpaired) electrons. The monoisotopic (exact) mass is 237 g/mol. The lowest BCUT2D eigenvalue weighted by Gasteiger charge is -2.26. The van der Waals surface area contributed by atoms with Crippen molar-refractivity contribution in [1.29, 1.82) is 0 Å². The van der Waals surface area contributed by atoms with E-state index in [-0.39, 0.29) is 6.10 Å². The molecule has 3 heteroatoms. The number of aliphatic hydroxyl groups excluding tert-OH is 1. The van der Waals surface area contributed by atoms with Crippen LogP contribution in [0, 0.1) is 0 Å². The van der Waals surface area contributed by atoms with E-state index in [1.165, 1.54) is 23.6 Å². The summed E-state index contributed by atoms with van der Waals surface area (Å²) in [5.41, 5.74) is 2.23. The number of aliphatic hydroxyl groups is 1. The van der Waals surface area contributed by atoms with Crippen LogP contribution < -0.4 is 4.90 Å². The first-order valence-corrected chi connectivity index (χ1v) is 6.92. The van der Waals surface area contributed by atoms with Crippen molar-refractivity contribution in [2.75, 3.05) is 23.5 Å². The molecule has 1 N–H and O–H groups in total. The highest BCUT2D eigenvalue weighted by molar-refractivity contribution is 7.99. The third-order valence-corrected chi connectivity index (χ3v) is 4.38. The predicted molar refractivity (Wildman–Crippen MR) is 71.2 cm³/mol. The van der Waals surface area contributed by atoms with Gasteiger partial charge in [-0.05, 0) is 36.8 Å². The topological polar surface area (TPSA) is 23.5 Å². The molecule has 1 aromatic rings. The Morgan fingerprint density at radius 3 is 2.56 bits per heavy atom. The Hall–Kier alpha value is -0.670. The number of thioether (sulfide) groups is 1. The lowest BCUT2D eigenvalue weighted by atomic mass is 10.1.